The number of hydrogen-bond donors (Lipinski definition) is 1. The van der Waals surface area contributed by atoms with Crippen LogP contribution in [0.25, 0.3) is 17.0 Å². The Morgan fingerprint density at radius 3 is 2.42 bits per heavy atom. The van der Waals surface area contributed by atoms with Crippen LogP contribution in [0.3, 0.4) is 0 Å². The SMILES string of the molecule is CC1=C(c2nc(-c3ccc(C)cc3)no2)C(c2ccc(C)c(C)c2)NC(=O)N1CCC(C)C. The number of rotatable bonds is 6. The first-order valence-corrected chi connectivity index (χ1v) is 11.5. The molecule has 2 amide bonds. The lowest BCUT2D eigenvalue weighted by Crippen LogP contribution is -2.46. The van der Waals surface area contributed by atoms with Crippen LogP contribution in [0.15, 0.2) is 52.7 Å². The summed E-state index contributed by atoms with van der Waals surface area (Å²) in [5, 5.41) is 7.44. The van der Waals surface area contributed by atoms with Crippen molar-refractivity contribution in [1.82, 2.24) is 20.4 Å². The van der Waals surface area contributed by atoms with Gasteiger partial charge in [-0.15, -0.1) is 0 Å². The van der Waals surface area contributed by atoms with Crippen molar-refractivity contribution in [2.45, 2.75) is 54.0 Å². The van der Waals surface area contributed by atoms with Gasteiger partial charge in [-0.25, -0.2) is 4.79 Å². The van der Waals surface area contributed by atoms with Crippen LogP contribution in [0.1, 0.15) is 61.4 Å². The van der Waals surface area contributed by atoms with Crippen molar-refractivity contribution in [3.63, 3.8) is 0 Å². The maximum absolute atomic E-state index is 13.1. The first kappa shape index (κ1) is 22.8. The molecule has 4 rings (SSSR count). The molecule has 1 unspecified atom stereocenters. The van der Waals surface area contributed by atoms with Crippen LogP contribution >= 0.6 is 0 Å². The van der Waals surface area contributed by atoms with Crippen LogP contribution < -0.4 is 5.32 Å². The predicted octanol–water partition coefficient (Wildman–Crippen LogP) is 6.21. The maximum Gasteiger partial charge on any atom is 0.322 e. The van der Waals surface area contributed by atoms with E-state index in [1.807, 2.05) is 38.1 Å². The molecule has 0 saturated heterocycles. The van der Waals surface area contributed by atoms with Crippen LogP contribution in [-0.4, -0.2) is 27.6 Å². The number of hydrogen-bond acceptors (Lipinski definition) is 4. The molecule has 0 spiro atoms. The fourth-order valence-electron chi connectivity index (χ4n) is 4.06. The van der Waals surface area contributed by atoms with E-state index in [2.05, 4.69) is 56.4 Å². The summed E-state index contributed by atoms with van der Waals surface area (Å²) < 4.78 is 5.78. The average molecular weight is 445 g/mol. The third-order valence-corrected chi connectivity index (χ3v) is 6.36. The van der Waals surface area contributed by atoms with Crippen LogP contribution in [-0.2, 0) is 0 Å². The Labute approximate surface area is 195 Å². The summed E-state index contributed by atoms with van der Waals surface area (Å²) in [6.45, 7) is 13.1. The topological polar surface area (TPSA) is 71.3 Å². The summed E-state index contributed by atoms with van der Waals surface area (Å²) in [5.74, 6) is 1.46. The highest BCUT2D eigenvalue weighted by Crippen LogP contribution is 2.38. The smallest absolute Gasteiger partial charge is 0.322 e. The summed E-state index contributed by atoms with van der Waals surface area (Å²) in [4.78, 5) is 19.6. The van der Waals surface area contributed by atoms with E-state index in [0.29, 0.717) is 24.2 Å². The van der Waals surface area contributed by atoms with Gasteiger partial charge in [0.05, 0.1) is 11.6 Å². The Bertz CT molecular complexity index is 1190. The van der Waals surface area contributed by atoms with Gasteiger partial charge in [0.15, 0.2) is 0 Å². The summed E-state index contributed by atoms with van der Waals surface area (Å²) in [6.07, 6.45) is 0.908. The third-order valence-electron chi connectivity index (χ3n) is 6.36. The van der Waals surface area contributed by atoms with Crippen molar-refractivity contribution in [3.8, 4) is 11.4 Å². The number of aromatic nitrogens is 2. The number of benzene rings is 2. The highest BCUT2D eigenvalue weighted by atomic mass is 16.5. The summed E-state index contributed by atoms with van der Waals surface area (Å²) in [7, 11) is 0. The quantitative estimate of drug-likeness (QED) is 0.491. The highest BCUT2D eigenvalue weighted by molar-refractivity contribution is 5.87. The number of nitrogens with one attached hydrogen (secondary N) is 1. The lowest BCUT2D eigenvalue weighted by molar-refractivity contribution is 0.202. The summed E-state index contributed by atoms with van der Waals surface area (Å²) in [6, 6.07) is 13.8. The number of allylic oxidation sites excluding steroid dienone is 1. The molecule has 1 aliphatic heterocycles. The molecule has 2 heterocycles. The van der Waals surface area contributed by atoms with Gasteiger partial charge < -0.3 is 9.84 Å². The van der Waals surface area contributed by atoms with Crippen molar-refractivity contribution in [2.24, 2.45) is 5.92 Å². The van der Waals surface area contributed by atoms with Gasteiger partial charge in [0, 0.05) is 17.8 Å². The third kappa shape index (κ3) is 4.70. The Balaban J connectivity index is 1.80. The van der Waals surface area contributed by atoms with E-state index in [9.17, 15) is 4.79 Å². The average Bonchev–Trinajstić information content (AvgIpc) is 3.25. The first-order chi connectivity index (χ1) is 15.7. The van der Waals surface area contributed by atoms with E-state index in [0.717, 1.165) is 28.8 Å². The Hall–Kier alpha value is -3.41. The van der Waals surface area contributed by atoms with Gasteiger partial charge in [0.2, 0.25) is 5.82 Å². The summed E-state index contributed by atoms with van der Waals surface area (Å²) >= 11 is 0. The normalized spacial score (nSPS) is 16.5. The van der Waals surface area contributed by atoms with Crippen molar-refractivity contribution in [2.75, 3.05) is 6.54 Å². The highest BCUT2D eigenvalue weighted by Gasteiger charge is 2.35. The van der Waals surface area contributed by atoms with E-state index in [1.54, 1.807) is 4.90 Å². The van der Waals surface area contributed by atoms with Crippen molar-refractivity contribution in [1.29, 1.82) is 0 Å². The van der Waals surface area contributed by atoms with E-state index in [4.69, 9.17) is 9.51 Å². The molecule has 0 radical (unpaired) electrons. The Morgan fingerprint density at radius 2 is 1.76 bits per heavy atom. The standard InChI is InChI=1S/C27H32N4O2/c1-16(2)13-14-31-20(6)23(24(28-27(31)32)22-12-9-18(4)19(5)15-22)26-29-25(30-33-26)21-10-7-17(3)8-11-21/h7-12,15-16,24H,13-14H2,1-6H3,(H,28,32). The number of carbonyl (C=O) groups excluding carboxylic acids is 1. The molecule has 3 aromatic rings. The number of urea groups is 1. The van der Waals surface area contributed by atoms with Gasteiger partial charge in [-0.2, -0.15) is 4.98 Å². The van der Waals surface area contributed by atoms with Crippen LogP contribution in [0.2, 0.25) is 0 Å². The molecule has 1 N–H and O–H groups in total. The van der Waals surface area contributed by atoms with E-state index in [-0.39, 0.29) is 12.1 Å². The minimum absolute atomic E-state index is 0.0987. The molecule has 172 valence electrons. The fraction of sp³-hybridized carbons (Fsp3) is 0.370. The van der Waals surface area contributed by atoms with Crippen LogP contribution in [0, 0.1) is 26.7 Å². The lowest BCUT2D eigenvalue weighted by Gasteiger charge is -2.35. The zero-order valence-corrected chi connectivity index (χ0v) is 20.3. The molecule has 33 heavy (non-hydrogen) atoms. The van der Waals surface area contributed by atoms with Crippen LogP contribution in [0.5, 0.6) is 0 Å². The van der Waals surface area contributed by atoms with E-state index < -0.39 is 0 Å². The molecule has 0 bridgehead atoms. The molecule has 1 aromatic heterocycles. The monoisotopic (exact) mass is 444 g/mol. The number of amides is 2. The molecule has 1 atom stereocenters. The molecule has 0 fully saturated rings. The number of carbonyl (C=O) groups is 1. The molecular weight excluding hydrogens is 412 g/mol. The van der Waals surface area contributed by atoms with Gasteiger partial charge in [-0.3, -0.25) is 4.90 Å². The fourth-order valence-corrected chi connectivity index (χ4v) is 4.06. The molecule has 1 aliphatic rings. The van der Waals surface area contributed by atoms with Gasteiger partial charge in [-0.1, -0.05) is 67.0 Å². The van der Waals surface area contributed by atoms with E-state index >= 15 is 0 Å². The molecule has 2 aromatic carbocycles. The Kier molecular flexibility index (Phi) is 6.36. The molecule has 0 saturated carbocycles. The van der Waals surface area contributed by atoms with Gasteiger partial charge >= 0.3 is 6.03 Å². The molecule has 6 nitrogen and oxygen atoms in total. The second-order valence-corrected chi connectivity index (χ2v) is 9.35. The second-order valence-electron chi connectivity index (χ2n) is 9.35. The van der Waals surface area contributed by atoms with E-state index in [1.165, 1.54) is 16.7 Å². The zero-order valence-electron chi connectivity index (χ0n) is 20.3. The Morgan fingerprint density at radius 1 is 1.03 bits per heavy atom. The molecule has 6 heteroatoms. The minimum Gasteiger partial charge on any atom is -0.334 e. The second kappa shape index (κ2) is 9.22. The van der Waals surface area contributed by atoms with Gasteiger partial charge in [-0.05, 0) is 56.7 Å². The van der Waals surface area contributed by atoms with Crippen molar-refractivity contribution in [3.05, 3.63) is 76.3 Å². The predicted molar refractivity (Wildman–Crippen MR) is 130 cm³/mol. The lowest BCUT2D eigenvalue weighted by atomic mass is 9.92. The van der Waals surface area contributed by atoms with Gasteiger partial charge in [0.1, 0.15) is 0 Å². The first-order valence-electron chi connectivity index (χ1n) is 11.5. The maximum atomic E-state index is 13.1. The van der Waals surface area contributed by atoms with Crippen LogP contribution in [0.4, 0.5) is 4.79 Å². The minimum atomic E-state index is -0.363. The largest absolute Gasteiger partial charge is 0.334 e. The van der Waals surface area contributed by atoms with Crippen molar-refractivity contribution >= 4 is 11.6 Å². The number of nitrogens with zero attached hydrogens (tertiary/aromatic N) is 3. The van der Waals surface area contributed by atoms with Crippen molar-refractivity contribution < 1.29 is 9.32 Å². The summed E-state index contributed by atoms with van der Waals surface area (Å²) in [5.41, 5.74) is 7.14. The number of aryl methyl sites for hydroxylation is 3. The zero-order chi connectivity index (χ0) is 23.7. The molecular formula is C27H32N4O2. The molecule has 0 aliphatic carbocycles. The van der Waals surface area contributed by atoms with Gasteiger partial charge in [0.25, 0.3) is 5.89 Å².